The van der Waals surface area contributed by atoms with Gasteiger partial charge < -0.3 is 15.6 Å². The molecule has 0 heterocycles. The zero-order chi connectivity index (χ0) is 10.7. The van der Waals surface area contributed by atoms with E-state index >= 15 is 0 Å². The van der Waals surface area contributed by atoms with E-state index in [2.05, 4.69) is 0 Å². The summed E-state index contributed by atoms with van der Waals surface area (Å²) in [5.41, 5.74) is 5.85. The van der Waals surface area contributed by atoms with Crippen molar-refractivity contribution in [1.82, 2.24) is 0 Å². The van der Waals surface area contributed by atoms with Gasteiger partial charge in [0, 0.05) is 11.8 Å². The molecule has 0 aliphatic carbocycles. The zero-order valence-corrected chi connectivity index (χ0v) is 8.15. The number of rotatable bonds is 3. The van der Waals surface area contributed by atoms with E-state index in [1.165, 1.54) is 12.1 Å². The molecule has 0 amide bonds. The van der Waals surface area contributed by atoms with E-state index < -0.39 is 5.97 Å². The fourth-order valence-electron chi connectivity index (χ4n) is 1.08. The van der Waals surface area contributed by atoms with E-state index in [0.29, 0.717) is 5.75 Å². The minimum Gasteiger partial charge on any atom is -0.491 e. The predicted molar refractivity (Wildman–Crippen MR) is 53.6 cm³/mol. The van der Waals surface area contributed by atoms with Gasteiger partial charge in [-0.15, -0.1) is 0 Å². The van der Waals surface area contributed by atoms with Crippen LogP contribution in [0.4, 0.5) is 5.69 Å². The number of hydrogen-bond donors (Lipinski definition) is 2. The Kier molecular flexibility index (Phi) is 2.96. The first-order chi connectivity index (χ1) is 6.50. The molecule has 4 nitrogen and oxygen atoms in total. The maximum atomic E-state index is 10.6. The van der Waals surface area contributed by atoms with Crippen molar-refractivity contribution < 1.29 is 14.6 Å². The second-order valence-electron chi connectivity index (χ2n) is 3.22. The van der Waals surface area contributed by atoms with Crippen LogP contribution in [0.2, 0.25) is 0 Å². The molecule has 0 aliphatic heterocycles. The number of aromatic carboxylic acids is 1. The van der Waals surface area contributed by atoms with Gasteiger partial charge >= 0.3 is 5.97 Å². The normalized spacial score (nSPS) is 10.2. The third-order valence-corrected chi connectivity index (χ3v) is 1.63. The molecule has 0 spiro atoms. The quantitative estimate of drug-likeness (QED) is 0.721. The van der Waals surface area contributed by atoms with Gasteiger partial charge in [-0.2, -0.15) is 0 Å². The van der Waals surface area contributed by atoms with Crippen LogP contribution in [-0.4, -0.2) is 17.2 Å². The fourth-order valence-corrected chi connectivity index (χ4v) is 1.08. The highest BCUT2D eigenvalue weighted by Crippen LogP contribution is 2.20. The van der Waals surface area contributed by atoms with Crippen LogP contribution in [0, 0.1) is 0 Å². The van der Waals surface area contributed by atoms with E-state index in [1.807, 2.05) is 13.8 Å². The summed E-state index contributed by atoms with van der Waals surface area (Å²) in [6, 6.07) is 4.55. The van der Waals surface area contributed by atoms with E-state index in [-0.39, 0.29) is 17.4 Å². The lowest BCUT2D eigenvalue weighted by atomic mass is 10.2. The lowest BCUT2D eigenvalue weighted by molar-refractivity contribution is 0.0698. The Labute approximate surface area is 82.3 Å². The van der Waals surface area contributed by atoms with Crippen LogP contribution in [-0.2, 0) is 0 Å². The molecule has 76 valence electrons. The monoisotopic (exact) mass is 195 g/mol. The zero-order valence-electron chi connectivity index (χ0n) is 8.15. The Bertz CT molecular complexity index is 347. The number of hydrogen-bond acceptors (Lipinski definition) is 3. The summed E-state index contributed by atoms with van der Waals surface area (Å²) in [6.07, 6.45) is 0.0464. The second kappa shape index (κ2) is 4.00. The summed E-state index contributed by atoms with van der Waals surface area (Å²) in [6.45, 7) is 3.78. The molecular weight excluding hydrogens is 182 g/mol. The van der Waals surface area contributed by atoms with Crippen molar-refractivity contribution in [2.45, 2.75) is 20.0 Å². The van der Waals surface area contributed by atoms with Gasteiger partial charge in [-0.25, -0.2) is 4.79 Å². The van der Waals surface area contributed by atoms with Crippen molar-refractivity contribution >= 4 is 11.7 Å². The number of carboxylic acid groups (broad SMARTS) is 1. The topological polar surface area (TPSA) is 72.5 Å². The molecule has 0 atom stereocenters. The van der Waals surface area contributed by atoms with Gasteiger partial charge in [0.1, 0.15) is 5.75 Å². The minimum absolute atomic E-state index is 0.0464. The molecule has 3 N–H and O–H groups in total. The molecule has 0 saturated carbocycles. The summed E-state index contributed by atoms with van der Waals surface area (Å²) >= 11 is 0. The number of ether oxygens (including phenoxy) is 1. The van der Waals surface area contributed by atoms with Gasteiger partial charge in [-0.05, 0) is 26.0 Å². The highest BCUT2D eigenvalue weighted by Gasteiger charge is 2.08. The van der Waals surface area contributed by atoms with Gasteiger partial charge in [0.2, 0.25) is 0 Å². The maximum absolute atomic E-state index is 10.6. The Morgan fingerprint density at radius 1 is 1.50 bits per heavy atom. The Balaban J connectivity index is 2.94. The van der Waals surface area contributed by atoms with Crippen molar-refractivity contribution in [3.63, 3.8) is 0 Å². The summed E-state index contributed by atoms with van der Waals surface area (Å²) in [4.78, 5) is 10.6. The maximum Gasteiger partial charge on any atom is 0.337 e. The van der Waals surface area contributed by atoms with Gasteiger partial charge in [0.15, 0.2) is 0 Å². The van der Waals surface area contributed by atoms with E-state index in [1.54, 1.807) is 6.07 Å². The van der Waals surface area contributed by atoms with Crippen LogP contribution in [0.25, 0.3) is 0 Å². The number of benzene rings is 1. The molecule has 1 rings (SSSR count). The molecular formula is C10H13NO3. The number of nitrogen functional groups attached to an aromatic ring is 1. The molecule has 0 radical (unpaired) electrons. The number of carbonyl (C=O) groups is 1. The third kappa shape index (κ3) is 2.39. The molecule has 0 aromatic heterocycles. The smallest absolute Gasteiger partial charge is 0.337 e. The van der Waals surface area contributed by atoms with Crippen LogP contribution < -0.4 is 10.5 Å². The first-order valence-electron chi connectivity index (χ1n) is 4.30. The summed E-state index contributed by atoms with van der Waals surface area (Å²) in [7, 11) is 0. The highest BCUT2D eigenvalue weighted by atomic mass is 16.5. The van der Waals surface area contributed by atoms with Crippen LogP contribution >= 0.6 is 0 Å². The standard InChI is InChI=1S/C10H13NO3/c1-6(2)14-7-3-4-8(10(12)13)9(11)5-7/h3-6H,11H2,1-2H3,(H,12,13). The van der Waals surface area contributed by atoms with Gasteiger partial charge in [-0.3, -0.25) is 0 Å². The second-order valence-corrected chi connectivity index (χ2v) is 3.22. The molecule has 1 aromatic carbocycles. The fraction of sp³-hybridized carbons (Fsp3) is 0.300. The van der Waals surface area contributed by atoms with Crippen LogP contribution in [0.5, 0.6) is 5.75 Å². The lowest BCUT2D eigenvalue weighted by Crippen LogP contribution is -2.07. The van der Waals surface area contributed by atoms with Crippen molar-refractivity contribution in [3.8, 4) is 5.75 Å². The average Bonchev–Trinajstić information content (AvgIpc) is 2.01. The van der Waals surface area contributed by atoms with E-state index in [0.717, 1.165) is 0 Å². The Hall–Kier alpha value is -1.71. The molecule has 1 aromatic rings. The number of carboxylic acids is 1. The van der Waals surface area contributed by atoms with Crippen LogP contribution in [0.15, 0.2) is 18.2 Å². The highest BCUT2D eigenvalue weighted by molar-refractivity contribution is 5.93. The van der Waals surface area contributed by atoms with Crippen molar-refractivity contribution in [1.29, 1.82) is 0 Å². The van der Waals surface area contributed by atoms with E-state index in [4.69, 9.17) is 15.6 Å². The molecule has 0 fully saturated rings. The molecule has 4 heteroatoms. The number of nitrogens with two attached hydrogens (primary N) is 1. The number of anilines is 1. The summed E-state index contributed by atoms with van der Waals surface area (Å²) in [5, 5.41) is 8.72. The van der Waals surface area contributed by atoms with Crippen molar-refractivity contribution in [2.75, 3.05) is 5.73 Å². The minimum atomic E-state index is -1.03. The molecule has 0 saturated heterocycles. The lowest BCUT2D eigenvalue weighted by Gasteiger charge is -2.10. The molecule has 0 aliphatic rings. The van der Waals surface area contributed by atoms with Crippen molar-refractivity contribution in [3.05, 3.63) is 23.8 Å². The molecule has 14 heavy (non-hydrogen) atoms. The van der Waals surface area contributed by atoms with E-state index in [9.17, 15) is 4.79 Å². The van der Waals surface area contributed by atoms with Crippen LogP contribution in [0.3, 0.4) is 0 Å². The SMILES string of the molecule is CC(C)Oc1ccc(C(=O)O)c(N)c1. The molecule has 0 unspecified atom stereocenters. The van der Waals surface area contributed by atoms with Crippen LogP contribution in [0.1, 0.15) is 24.2 Å². The van der Waals surface area contributed by atoms with Gasteiger partial charge in [-0.1, -0.05) is 0 Å². The third-order valence-electron chi connectivity index (χ3n) is 1.63. The Morgan fingerprint density at radius 2 is 2.14 bits per heavy atom. The van der Waals surface area contributed by atoms with Gasteiger partial charge in [0.25, 0.3) is 0 Å². The van der Waals surface area contributed by atoms with Crippen molar-refractivity contribution in [2.24, 2.45) is 0 Å². The summed E-state index contributed by atoms with van der Waals surface area (Å²) < 4.78 is 5.36. The van der Waals surface area contributed by atoms with Gasteiger partial charge in [0.05, 0.1) is 11.7 Å². The molecule has 0 bridgehead atoms. The first-order valence-corrected chi connectivity index (χ1v) is 4.30. The predicted octanol–water partition coefficient (Wildman–Crippen LogP) is 1.75. The largest absolute Gasteiger partial charge is 0.491 e. The summed E-state index contributed by atoms with van der Waals surface area (Å²) in [5.74, 6) is -0.443. The average molecular weight is 195 g/mol. The first kappa shape index (κ1) is 10.4. The Morgan fingerprint density at radius 3 is 2.57 bits per heavy atom.